The van der Waals surface area contributed by atoms with E-state index in [1.54, 1.807) is 0 Å². The summed E-state index contributed by atoms with van der Waals surface area (Å²) in [5.74, 6) is 0. The van der Waals surface area contributed by atoms with E-state index in [4.69, 9.17) is 0 Å². The molecule has 13 heavy (non-hydrogen) atoms. The number of β-amino-alcohol motifs (C(OH)–C–C–N with tert-alkyl or cyclic N) is 1. The minimum absolute atomic E-state index is 0.0509. The van der Waals surface area contributed by atoms with Gasteiger partial charge in [-0.25, -0.2) is 0 Å². The van der Waals surface area contributed by atoms with E-state index >= 15 is 0 Å². The van der Waals surface area contributed by atoms with Gasteiger partial charge in [0.15, 0.2) is 0 Å². The first-order valence-electron chi connectivity index (χ1n) is 5.15. The first-order valence-corrected chi connectivity index (χ1v) is 5.15. The molecule has 1 fully saturated rings. The Morgan fingerprint density at radius 3 is 3.00 bits per heavy atom. The second-order valence-corrected chi connectivity index (χ2v) is 3.76. The van der Waals surface area contributed by atoms with Gasteiger partial charge in [-0.15, -0.1) is 0 Å². The third kappa shape index (κ3) is 3.08. The Morgan fingerprint density at radius 1 is 1.62 bits per heavy atom. The molecule has 1 saturated heterocycles. The Kier molecular flexibility index (Phi) is 4.39. The van der Waals surface area contributed by atoms with Crippen molar-refractivity contribution in [2.24, 2.45) is 0 Å². The van der Waals surface area contributed by atoms with E-state index in [0.29, 0.717) is 6.54 Å². The van der Waals surface area contributed by atoms with E-state index in [0.717, 1.165) is 38.5 Å². The summed E-state index contributed by atoms with van der Waals surface area (Å²) in [5, 5.41) is 9.47. The van der Waals surface area contributed by atoms with Crippen LogP contribution in [0.2, 0.25) is 0 Å². The highest BCUT2D eigenvalue weighted by Crippen LogP contribution is 2.15. The van der Waals surface area contributed by atoms with Gasteiger partial charge in [-0.05, 0) is 25.8 Å². The van der Waals surface area contributed by atoms with Crippen LogP contribution in [-0.2, 0) is 4.79 Å². The molecule has 0 amide bonds. The SMILES string of the molecule is CCC(O)CN1CCCCC1C=O. The van der Waals surface area contributed by atoms with Crippen molar-refractivity contribution in [2.75, 3.05) is 13.1 Å². The van der Waals surface area contributed by atoms with Crippen LogP contribution in [0.1, 0.15) is 32.6 Å². The number of carbonyl (C=O) groups is 1. The van der Waals surface area contributed by atoms with Gasteiger partial charge in [0.05, 0.1) is 12.1 Å². The topological polar surface area (TPSA) is 40.5 Å². The van der Waals surface area contributed by atoms with E-state index in [2.05, 4.69) is 4.90 Å². The van der Waals surface area contributed by atoms with Crippen LogP contribution in [0.5, 0.6) is 0 Å². The Hall–Kier alpha value is -0.410. The molecule has 2 atom stereocenters. The van der Waals surface area contributed by atoms with Crippen molar-refractivity contribution in [3.63, 3.8) is 0 Å². The van der Waals surface area contributed by atoms with Crippen molar-refractivity contribution in [2.45, 2.75) is 44.8 Å². The maximum absolute atomic E-state index is 10.7. The van der Waals surface area contributed by atoms with Crippen LogP contribution in [0.3, 0.4) is 0 Å². The molecule has 2 unspecified atom stereocenters. The minimum atomic E-state index is -0.277. The molecule has 1 aliphatic heterocycles. The molecule has 76 valence electrons. The summed E-state index contributed by atoms with van der Waals surface area (Å²) in [6.45, 7) is 3.57. The molecule has 0 aromatic carbocycles. The highest BCUT2D eigenvalue weighted by Gasteiger charge is 2.22. The van der Waals surface area contributed by atoms with Crippen LogP contribution in [0.15, 0.2) is 0 Å². The fourth-order valence-corrected chi connectivity index (χ4v) is 1.80. The van der Waals surface area contributed by atoms with Crippen LogP contribution in [0, 0.1) is 0 Å². The monoisotopic (exact) mass is 185 g/mol. The maximum atomic E-state index is 10.7. The number of carbonyl (C=O) groups excluding carboxylic acids is 1. The average molecular weight is 185 g/mol. The summed E-state index contributed by atoms with van der Waals surface area (Å²) in [7, 11) is 0. The first kappa shape index (κ1) is 10.7. The molecule has 0 aliphatic carbocycles. The molecule has 1 heterocycles. The molecule has 3 heteroatoms. The Balaban J connectivity index is 2.40. The first-order chi connectivity index (χ1) is 6.27. The smallest absolute Gasteiger partial charge is 0.137 e. The molecule has 1 aliphatic rings. The molecular weight excluding hydrogens is 166 g/mol. The molecule has 0 spiro atoms. The zero-order chi connectivity index (χ0) is 9.68. The quantitative estimate of drug-likeness (QED) is 0.659. The predicted molar refractivity (Wildman–Crippen MR) is 51.6 cm³/mol. The van der Waals surface area contributed by atoms with Gasteiger partial charge in [-0.1, -0.05) is 13.3 Å². The fraction of sp³-hybridized carbons (Fsp3) is 0.900. The van der Waals surface area contributed by atoms with Gasteiger partial charge in [0.25, 0.3) is 0 Å². The summed E-state index contributed by atoms with van der Waals surface area (Å²) in [6.07, 6.45) is 4.76. The molecular formula is C10H19NO2. The molecule has 3 nitrogen and oxygen atoms in total. The third-order valence-electron chi connectivity index (χ3n) is 2.74. The number of aldehydes is 1. The van der Waals surface area contributed by atoms with Crippen LogP contribution in [0.4, 0.5) is 0 Å². The van der Waals surface area contributed by atoms with Gasteiger partial charge in [0.1, 0.15) is 6.29 Å². The molecule has 0 aromatic heterocycles. The zero-order valence-electron chi connectivity index (χ0n) is 8.28. The lowest BCUT2D eigenvalue weighted by atomic mass is 10.0. The van der Waals surface area contributed by atoms with Crippen molar-refractivity contribution in [1.29, 1.82) is 0 Å². The van der Waals surface area contributed by atoms with Crippen LogP contribution in [-0.4, -0.2) is 41.5 Å². The molecule has 0 bridgehead atoms. The van der Waals surface area contributed by atoms with Crippen LogP contribution in [0.25, 0.3) is 0 Å². The Bertz CT molecular complexity index is 161. The maximum Gasteiger partial charge on any atom is 0.137 e. The molecule has 0 aromatic rings. The summed E-state index contributed by atoms with van der Waals surface area (Å²) in [4.78, 5) is 12.8. The predicted octanol–water partition coefficient (Wildman–Crippen LogP) is 0.811. The highest BCUT2D eigenvalue weighted by molar-refractivity contribution is 5.57. The van der Waals surface area contributed by atoms with E-state index in [1.165, 1.54) is 0 Å². The van der Waals surface area contributed by atoms with E-state index in [1.807, 2.05) is 6.92 Å². The number of hydrogen-bond donors (Lipinski definition) is 1. The van der Waals surface area contributed by atoms with Crippen molar-refractivity contribution in [1.82, 2.24) is 4.90 Å². The molecule has 1 rings (SSSR count). The second kappa shape index (κ2) is 5.35. The number of nitrogens with zero attached hydrogens (tertiary/aromatic N) is 1. The van der Waals surface area contributed by atoms with Crippen LogP contribution < -0.4 is 0 Å². The Labute approximate surface area is 79.7 Å². The van der Waals surface area contributed by atoms with E-state index in [9.17, 15) is 9.90 Å². The van der Waals surface area contributed by atoms with Crippen LogP contribution >= 0.6 is 0 Å². The van der Waals surface area contributed by atoms with Gasteiger partial charge in [0.2, 0.25) is 0 Å². The summed E-state index contributed by atoms with van der Waals surface area (Å²) >= 11 is 0. The number of aliphatic hydroxyl groups is 1. The standard InChI is InChI=1S/C10H19NO2/c1-2-10(13)7-11-6-4-3-5-9(11)8-12/h8-10,13H,2-7H2,1H3. The van der Waals surface area contributed by atoms with Crippen molar-refractivity contribution < 1.29 is 9.90 Å². The summed E-state index contributed by atoms with van der Waals surface area (Å²) in [6, 6.07) is 0.0509. The normalized spacial score (nSPS) is 27.1. The third-order valence-corrected chi connectivity index (χ3v) is 2.74. The number of rotatable bonds is 4. The lowest BCUT2D eigenvalue weighted by Crippen LogP contribution is -2.44. The van der Waals surface area contributed by atoms with Gasteiger partial charge in [0, 0.05) is 6.54 Å². The van der Waals surface area contributed by atoms with E-state index < -0.39 is 0 Å². The Morgan fingerprint density at radius 2 is 2.38 bits per heavy atom. The lowest BCUT2D eigenvalue weighted by molar-refractivity contribution is -0.114. The average Bonchev–Trinajstić information content (AvgIpc) is 2.18. The van der Waals surface area contributed by atoms with E-state index in [-0.39, 0.29) is 12.1 Å². The highest BCUT2D eigenvalue weighted by atomic mass is 16.3. The van der Waals surface area contributed by atoms with Gasteiger partial charge >= 0.3 is 0 Å². The molecule has 0 radical (unpaired) electrons. The summed E-state index contributed by atoms with van der Waals surface area (Å²) < 4.78 is 0. The number of aliphatic hydroxyl groups excluding tert-OH is 1. The zero-order valence-corrected chi connectivity index (χ0v) is 8.28. The van der Waals surface area contributed by atoms with Crippen molar-refractivity contribution in [3.05, 3.63) is 0 Å². The molecule has 0 saturated carbocycles. The molecule has 1 N–H and O–H groups in total. The van der Waals surface area contributed by atoms with Crippen molar-refractivity contribution in [3.8, 4) is 0 Å². The minimum Gasteiger partial charge on any atom is -0.392 e. The second-order valence-electron chi connectivity index (χ2n) is 3.76. The van der Waals surface area contributed by atoms with Crippen molar-refractivity contribution >= 4 is 6.29 Å². The van der Waals surface area contributed by atoms with Gasteiger partial charge in [-0.2, -0.15) is 0 Å². The fourth-order valence-electron chi connectivity index (χ4n) is 1.80. The number of hydrogen-bond acceptors (Lipinski definition) is 3. The number of likely N-dealkylation sites (tertiary alicyclic amines) is 1. The largest absolute Gasteiger partial charge is 0.392 e. The van der Waals surface area contributed by atoms with Gasteiger partial charge < -0.3 is 9.90 Å². The lowest BCUT2D eigenvalue weighted by Gasteiger charge is -2.33. The number of piperidine rings is 1. The summed E-state index contributed by atoms with van der Waals surface area (Å²) in [5.41, 5.74) is 0. The van der Waals surface area contributed by atoms with Gasteiger partial charge in [-0.3, -0.25) is 4.90 Å².